The molecule has 0 aliphatic heterocycles. The Morgan fingerprint density at radius 1 is 1.28 bits per heavy atom. The van der Waals surface area contributed by atoms with Crippen molar-refractivity contribution in [2.75, 3.05) is 0 Å². The van der Waals surface area contributed by atoms with E-state index in [1.54, 1.807) is 0 Å². The molecule has 0 unspecified atom stereocenters. The fraction of sp³-hybridized carbons (Fsp3) is 0.571. The van der Waals surface area contributed by atoms with E-state index < -0.39 is 0 Å². The molecule has 4 heteroatoms. The molecule has 1 aromatic heterocycles. The highest BCUT2D eigenvalue weighted by Gasteiger charge is 2.23. The van der Waals surface area contributed by atoms with E-state index in [1.807, 2.05) is 6.07 Å². The average Bonchev–Trinajstić information content (AvgIpc) is 2.32. The lowest BCUT2D eigenvalue weighted by molar-refractivity contribution is 0.114. The lowest BCUT2D eigenvalue weighted by atomic mass is 9.94. The number of pyridine rings is 1. The second kappa shape index (κ2) is 4.59. The van der Waals surface area contributed by atoms with Crippen molar-refractivity contribution in [1.82, 2.24) is 4.98 Å². The molecule has 1 saturated carbocycles. The number of nitrogen functional groups attached to an aromatic ring is 1. The highest BCUT2D eigenvalue weighted by atomic mass is 16.5. The Bertz CT molecular complexity index is 480. The summed E-state index contributed by atoms with van der Waals surface area (Å²) in [5, 5.41) is 7.67. The number of hydrogen-bond donors (Lipinski definition) is 2. The van der Waals surface area contributed by atoms with Gasteiger partial charge in [-0.05, 0) is 56.6 Å². The SMILES string of the molecule is N=C(N)c1cc2c(nc1OC1CCC1)CCCC2. The van der Waals surface area contributed by atoms with Crippen LogP contribution in [0.2, 0.25) is 0 Å². The van der Waals surface area contributed by atoms with Gasteiger partial charge in [0.05, 0.1) is 5.56 Å². The fourth-order valence-electron chi connectivity index (χ4n) is 2.54. The summed E-state index contributed by atoms with van der Waals surface area (Å²) in [4.78, 5) is 4.61. The van der Waals surface area contributed by atoms with Gasteiger partial charge in [-0.3, -0.25) is 5.41 Å². The van der Waals surface area contributed by atoms with Crippen molar-refractivity contribution in [3.63, 3.8) is 0 Å². The number of aryl methyl sites for hydroxylation is 2. The monoisotopic (exact) mass is 245 g/mol. The van der Waals surface area contributed by atoms with E-state index in [1.165, 1.54) is 24.8 Å². The molecule has 0 bridgehead atoms. The summed E-state index contributed by atoms with van der Waals surface area (Å²) >= 11 is 0. The molecule has 2 aliphatic rings. The maximum absolute atomic E-state index is 7.67. The van der Waals surface area contributed by atoms with Crippen LogP contribution in [-0.4, -0.2) is 16.9 Å². The van der Waals surface area contributed by atoms with E-state index in [2.05, 4.69) is 4.98 Å². The number of rotatable bonds is 3. The van der Waals surface area contributed by atoms with Gasteiger partial charge in [-0.2, -0.15) is 0 Å². The number of ether oxygens (including phenoxy) is 1. The van der Waals surface area contributed by atoms with Crippen molar-refractivity contribution in [1.29, 1.82) is 5.41 Å². The number of aromatic nitrogens is 1. The minimum Gasteiger partial charge on any atom is -0.474 e. The summed E-state index contributed by atoms with van der Waals surface area (Å²) in [6.45, 7) is 0. The van der Waals surface area contributed by atoms with Crippen molar-refractivity contribution < 1.29 is 4.74 Å². The summed E-state index contributed by atoms with van der Waals surface area (Å²) in [5.74, 6) is 0.637. The van der Waals surface area contributed by atoms with E-state index >= 15 is 0 Å². The molecular weight excluding hydrogens is 226 g/mol. The third-order valence-corrected chi connectivity index (χ3v) is 3.89. The minimum absolute atomic E-state index is 0.0604. The maximum Gasteiger partial charge on any atom is 0.225 e. The van der Waals surface area contributed by atoms with E-state index in [4.69, 9.17) is 15.9 Å². The Balaban J connectivity index is 1.95. The molecule has 2 aliphatic carbocycles. The number of hydrogen-bond acceptors (Lipinski definition) is 3. The summed E-state index contributed by atoms with van der Waals surface area (Å²) in [6, 6.07) is 2.01. The first-order chi connectivity index (χ1) is 8.74. The molecule has 0 amide bonds. The first-order valence-corrected chi connectivity index (χ1v) is 6.78. The lowest BCUT2D eigenvalue weighted by Gasteiger charge is -2.27. The van der Waals surface area contributed by atoms with Gasteiger partial charge in [0.2, 0.25) is 5.88 Å². The summed E-state index contributed by atoms with van der Waals surface area (Å²) < 4.78 is 5.88. The van der Waals surface area contributed by atoms with Crippen molar-refractivity contribution in [2.45, 2.75) is 51.0 Å². The highest BCUT2D eigenvalue weighted by Crippen LogP contribution is 2.29. The molecule has 1 fully saturated rings. The van der Waals surface area contributed by atoms with Gasteiger partial charge in [0, 0.05) is 5.69 Å². The molecule has 1 aromatic rings. The number of nitrogens with two attached hydrogens (primary N) is 1. The lowest BCUT2D eigenvalue weighted by Crippen LogP contribution is -2.27. The zero-order valence-electron chi connectivity index (χ0n) is 10.5. The van der Waals surface area contributed by atoms with Gasteiger partial charge in [0.15, 0.2) is 0 Å². The Morgan fingerprint density at radius 2 is 2.06 bits per heavy atom. The summed E-state index contributed by atoms with van der Waals surface area (Å²) in [7, 11) is 0. The van der Waals surface area contributed by atoms with Gasteiger partial charge in [-0.15, -0.1) is 0 Å². The number of nitrogens with zero attached hydrogens (tertiary/aromatic N) is 1. The van der Waals surface area contributed by atoms with Gasteiger partial charge in [-0.1, -0.05) is 0 Å². The van der Waals surface area contributed by atoms with Gasteiger partial charge in [0.1, 0.15) is 11.9 Å². The van der Waals surface area contributed by atoms with E-state index in [0.717, 1.165) is 31.4 Å². The second-order valence-electron chi connectivity index (χ2n) is 5.24. The molecule has 0 saturated heterocycles. The largest absolute Gasteiger partial charge is 0.474 e. The fourth-order valence-corrected chi connectivity index (χ4v) is 2.54. The molecule has 1 heterocycles. The molecule has 0 spiro atoms. The van der Waals surface area contributed by atoms with Crippen molar-refractivity contribution in [2.24, 2.45) is 5.73 Å². The van der Waals surface area contributed by atoms with E-state index in [0.29, 0.717) is 11.4 Å². The Labute approximate surface area is 107 Å². The quantitative estimate of drug-likeness (QED) is 0.633. The third-order valence-electron chi connectivity index (χ3n) is 3.89. The topological polar surface area (TPSA) is 72.0 Å². The van der Waals surface area contributed by atoms with Crippen molar-refractivity contribution in [3.05, 3.63) is 22.9 Å². The number of amidine groups is 1. The van der Waals surface area contributed by atoms with Crippen LogP contribution in [0.15, 0.2) is 6.07 Å². The van der Waals surface area contributed by atoms with E-state index in [-0.39, 0.29) is 11.9 Å². The first kappa shape index (κ1) is 11.5. The average molecular weight is 245 g/mol. The van der Waals surface area contributed by atoms with E-state index in [9.17, 15) is 0 Å². The molecule has 18 heavy (non-hydrogen) atoms. The zero-order valence-corrected chi connectivity index (χ0v) is 10.5. The molecule has 96 valence electrons. The van der Waals surface area contributed by atoms with Crippen LogP contribution in [0, 0.1) is 5.41 Å². The predicted molar refractivity (Wildman–Crippen MR) is 70.2 cm³/mol. The Kier molecular flexibility index (Phi) is 2.94. The van der Waals surface area contributed by atoms with Crippen LogP contribution < -0.4 is 10.5 Å². The van der Waals surface area contributed by atoms with Crippen LogP contribution in [0.1, 0.15) is 48.9 Å². The minimum atomic E-state index is 0.0604. The highest BCUT2D eigenvalue weighted by molar-refractivity contribution is 5.97. The Hall–Kier alpha value is -1.58. The number of nitrogens with one attached hydrogen (secondary N) is 1. The second-order valence-corrected chi connectivity index (χ2v) is 5.24. The van der Waals surface area contributed by atoms with Crippen LogP contribution in [0.4, 0.5) is 0 Å². The van der Waals surface area contributed by atoms with Gasteiger partial charge in [-0.25, -0.2) is 4.98 Å². The van der Waals surface area contributed by atoms with Gasteiger partial charge in [0.25, 0.3) is 0 Å². The molecule has 3 N–H and O–H groups in total. The van der Waals surface area contributed by atoms with Gasteiger partial charge < -0.3 is 10.5 Å². The third kappa shape index (κ3) is 2.07. The summed E-state index contributed by atoms with van der Waals surface area (Å²) in [5.41, 5.74) is 8.70. The molecule has 4 nitrogen and oxygen atoms in total. The smallest absolute Gasteiger partial charge is 0.225 e. The molecule has 3 rings (SSSR count). The predicted octanol–water partition coefficient (Wildman–Crippen LogP) is 2.18. The van der Waals surface area contributed by atoms with Crippen LogP contribution >= 0.6 is 0 Å². The summed E-state index contributed by atoms with van der Waals surface area (Å²) in [6.07, 6.45) is 8.16. The van der Waals surface area contributed by atoms with Crippen molar-refractivity contribution in [3.8, 4) is 5.88 Å². The molecule has 0 aromatic carbocycles. The van der Waals surface area contributed by atoms with Crippen LogP contribution in [0.25, 0.3) is 0 Å². The first-order valence-electron chi connectivity index (χ1n) is 6.78. The normalized spacial score (nSPS) is 18.9. The number of fused-ring (bicyclic) bond motifs is 1. The van der Waals surface area contributed by atoms with Crippen LogP contribution in [0.5, 0.6) is 5.88 Å². The Morgan fingerprint density at radius 3 is 2.72 bits per heavy atom. The van der Waals surface area contributed by atoms with Crippen molar-refractivity contribution >= 4 is 5.84 Å². The molecule has 0 radical (unpaired) electrons. The van der Waals surface area contributed by atoms with Crippen LogP contribution in [0.3, 0.4) is 0 Å². The molecular formula is C14H19N3O. The molecule has 0 atom stereocenters. The standard InChI is InChI=1S/C14H19N3O/c15-13(16)11-8-9-4-1-2-7-12(9)17-14(11)18-10-5-3-6-10/h8,10H,1-7H2,(H3,15,16). The van der Waals surface area contributed by atoms with Gasteiger partial charge >= 0.3 is 0 Å². The van der Waals surface area contributed by atoms with Crippen LogP contribution in [-0.2, 0) is 12.8 Å². The maximum atomic E-state index is 7.67. The zero-order chi connectivity index (χ0) is 12.5.